The van der Waals surface area contributed by atoms with Gasteiger partial charge < -0.3 is 10.1 Å². The van der Waals surface area contributed by atoms with Crippen LogP contribution >= 0.6 is 0 Å². The van der Waals surface area contributed by atoms with Gasteiger partial charge in [-0.25, -0.2) is 0 Å². The second kappa shape index (κ2) is 5.29. The Morgan fingerprint density at radius 2 is 1.82 bits per heavy atom. The van der Waals surface area contributed by atoms with Crippen LogP contribution in [0.15, 0.2) is 24.3 Å². The molecular formula is C19H25NO2. The number of hydrogen-bond acceptors (Lipinski definition) is 2. The van der Waals surface area contributed by atoms with Crippen LogP contribution in [0, 0.1) is 23.2 Å². The fraction of sp³-hybridized carbons (Fsp3) is 0.632. The van der Waals surface area contributed by atoms with Crippen LogP contribution in [-0.2, 0) is 4.79 Å². The monoisotopic (exact) mass is 299 g/mol. The van der Waals surface area contributed by atoms with Gasteiger partial charge in [0.25, 0.3) is 0 Å². The van der Waals surface area contributed by atoms with E-state index in [-0.39, 0.29) is 5.91 Å². The number of amides is 1. The maximum absolute atomic E-state index is 12.5. The van der Waals surface area contributed by atoms with Gasteiger partial charge >= 0.3 is 0 Å². The summed E-state index contributed by atoms with van der Waals surface area (Å²) in [5.74, 6) is 3.66. The fourth-order valence-electron chi connectivity index (χ4n) is 5.75. The molecule has 0 aromatic heterocycles. The van der Waals surface area contributed by atoms with Gasteiger partial charge in [0.2, 0.25) is 5.91 Å². The van der Waals surface area contributed by atoms with Crippen LogP contribution in [0.25, 0.3) is 0 Å². The number of nitrogens with one attached hydrogen (secondary N) is 1. The minimum Gasteiger partial charge on any atom is -0.497 e. The van der Waals surface area contributed by atoms with Gasteiger partial charge in [-0.1, -0.05) is 6.07 Å². The molecule has 0 aliphatic heterocycles. The average Bonchev–Trinajstić information content (AvgIpc) is 2.45. The zero-order valence-electron chi connectivity index (χ0n) is 13.3. The summed E-state index contributed by atoms with van der Waals surface area (Å²) in [7, 11) is 1.65. The molecule has 4 aliphatic rings. The minimum atomic E-state index is 0.176. The summed E-state index contributed by atoms with van der Waals surface area (Å²) in [5, 5.41) is 3.07. The second-order valence-electron chi connectivity index (χ2n) is 7.87. The van der Waals surface area contributed by atoms with E-state index in [1.54, 1.807) is 7.11 Å². The summed E-state index contributed by atoms with van der Waals surface area (Å²) in [4.78, 5) is 12.5. The molecule has 1 N–H and O–H groups in total. The normalized spacial score (nSPS) is 35.4. The van der Waals surface area contributed by atoms with Crippen LogP contribution in [-0.4, -0.2) is 13.0 Å². The molecule has 0 heterocycles. The molecule has 0 atom stereocenters. The molecule has 22 heavy (non-hydrogen) atoms. The molecule has 1 aromatic rings. The van der Waals surface area contributed by atoms with E-state index in [2.05, 4.69) is 5.32 Å². The Balaban J connectivity index is 1.43. The first-order valence-corrected chi connectivity index (χ1v) is 8.58. The smallest absolute Gasteiger partial charge is 0.224 e. The van der Waals surface area contributed by atoms with Gasteiger partial charge in [-0.2, -0.15) is 0 Å². The molecule has 118 valence electrons. The van der Waals surface area contributed by atoms with Crippen LogP contribution in [0.1, 0.15) is 44.9 Å². The SMILES string of the molecule is COc1cccc(NC(=O)CC23CC4CC(CC(C4)C2)C3)c1. The zero-order valence-corrected chi connectivity index (χ0v) is 13.3. The first kappa shape index (κ1) is 14.1. The zero-order chi connectivity index (χ0) is 15.2. The Morgan fingerprint density at radius 3 is 2.41 bits per heavy atom. The van der Waals surface area contributed by atoms with Crippen molar-refractivity contribution in [3.05, 3.63) is 24.3 Å². The van der Waals surface area contributed by atoms with Crippen molar-refractivity contribution >= 4 is 11.6 Å². The molecule has 4 fully saturated rings. The quantitative estimate of drug-likeness (QED) is 0.903. The van der Waals surface area contributed by atoms with Crippen molar-refractivity contribution in [2.24, 2.45) is 23.2 Å². The van der Waals surface area contributed by atoms with Gasteiger partial charge in [0.05, 0.1) is 7.11 Å². The number of carbonyl (C=O) groups excluding carboxylic acids is 1. The van der Waals surface area contributed by atoms with Crippen molar-refractivity contribution in [1.82, 2.24) is 0 Å². The Bertz CT molecular complexity index is 545. The first-order chi connectivity index (χ1) is 10.6. The highest BCUT2D eigenvalue weighted by molar-refractivity contribution is 5.91. The number of carbonyl (C=O) groups is 1. The van der Waals surface area contributed by atoms with Gasteiger partial charge in [-0.3, -0.25) is 4.79 Å². The summed E-state index contributed by atoms with van der Waals surface area (Å²) in [6.45, 7) is 0. The van der Waals surface area contributed by atoms with Gasteiger partial charge in [-0.05, 0) is 73.8 Å². The maximum Gasteiger partial charge on any atom is 0.224 e. The topological polar surface area (TPSA) is 38.3 Å². The Morgan fingerprint density at radius 1 is 1.18 bits per heavy atom. The Hall–Kier alpha value is -1.51. The van der Waals surface area contributed by atoms with Crippen molar-refractivity contribution in [3.8, 4) is 5.75 Å². The van der Waals surface area contributed by atoms with Gasteiger partial charge in [0, 0.05) is 18.2 Å². The summed E-state index contributed by atoms with van der Waals surface area (Å²) in [5.41, 5.74) is 1.15. The van der Waals surface area contributed by atoms with Crippen molar-refractivity contribution in [2.75, 3.05) is 12.4 Å². The van der Waals surface area contributed by atoms with Gasteiger partial charge in [0.15, 0.2) is 0 Å². The molecule has 1 amide bonds. The van der Waals surface area contributed by atoms with E-state index in [9.17, 15) is 4.79 Å². The fourth-order valence-corrected chi connectivity index (χ4v) is 5.75. The second-order valence-corrected chi connectivity index (χ2v) is 7.87. The van der Waals surface area contributed by atoms with Gasteiger partial charge in [-0.15, -0.1) is 0 Å². The molecule has 1 aromatic carbocycles. The third-order valence-corrected chi connectivity index (χ3v) is 6.05. The molecule has 0 radical (unpaired) electrons. The first-order valence-electron chi connectivity index (χ1n) is 8.58. The van der Waals surface area contributed by atoms with Crippen LogP contribution < -0.4 is 10.1 Å². The molecule has 3 nitrogen and oxygen atoms in total. The van der Waals surface area contributed by atoms with E-state index in [4.69, 9.17) is 4.74 Å². The number of methoxy groups -OCH3 is 1. The number of ether oxygens (including phenoxy) is 1. The number of anilines is 1. The lowest BCUT2D eigenvalue weighted by molar-refractivity contribution is -0.124. The van der Waals surface area contributed by atoms with Gasteiger partial charge in [0.1, 0.15) is 5.75 Å². The highest BCUT2D eigenvalue weighted by atomic mass is 16.5. The molecule has 3 heteroatoms. The molecule has 4 bridgehead atoms. The standard InChI is InChI=1S/C19H25NO2/c1-22-17-4-2-3-16(8-17)20-18(21)12-19-9-13-5-14(10-19)7-15(6-13)11-19/h2-4,8,13-15H,5-7,9-12H2,1H3,(H,20,21). The van der Waals surface area contributed by atoms with Crippen molar-refractivity contribution < 1.29 is 9.53 Å². The highest BCUT2D eigenvalue weighted by Gasteiger charge is 2.51. The van der Waals surface area contributed by atoms with E-state index in [0.717, 1.165) is 29.2 Å². The third kappa shape index (κ3) is 2.62. The molecule has 0 spiro atoms. The van der Waals surface area contributed by atoms with Crippen molar-refractivity contribution in [3.63, 3.8) is 0 Å². The number of hydrogen-bond donors (Lipinski definition) is 1. The van der Waals surface area contributed by atoms with E-state index < -0.39 is 0 Å². The molecule has 0 unspecified atom stereocenters. The Kier molecular flexibility index (Phi) is 3.39. The lowest BCUT2D eigenvalue weighted by Crippen LogP contribution is -2.47. The molecule has 0 saturated heterocycles. The van der Waals surface area contributed by atoms with Crippen LogP contribution in [0.2, 0.25) is 0 Å². The highest BCUT2D eigenvalue weighted by Crippen LogP contribution is 2.61. The predicted octanol–water partition coefficient (Wildman–Crippen LogP) is 4.24. The van der Waals surface area contributed by atoms with Crippen LogP contribution in [0.5, 0.6) is 5.75 Å². The predicted molar refractivity (Wildman–Crippen MR) is 86.8 cm³/mol. The average molecular weight is 299 g/mol. The van der Waals surface area contributed by atoms with E-state index in [0.29, 0.717) is 11.8 Å². The summed E-state index contributed by atoms with van der Waals surface area (Å²) in [6, 6.07) is 7.63. The molecular weight excluding hydrogens is 274 g/mol. The van der Waals surface area contributed by atoms with Crippen molar-refractivity contribution in [2.45, 2.75) is 44.9 Å². The minimum absolute atomic E-state index is 0.176. The third-order valence-electron chi connectivity index (χ3n) is 6.05. The Labute approximate surface area is 132 Å². The largest absolute Gasteiger partial charge is 0.497 e. The maximum atomic E-state index is 12.5. The molecule has 5 rings (SSSR count). The van der Waals surface area contributed by atoms with E-state index in [1.165, 1.54) is 38.5 Å². The lowest BCUT2D eigenvalue weighted by atomic mass is 9.49. The number of rotatable bonds is 4. The van der Waals surface area contributed by atoms with E-state index in [1.807, 2.05) is 24.3 Å². The summed E-state index contributed by atoms with van der Waals surface area (Å²) in [6.07, 6.45) is 8.83. The summed E-state index contributed by atoms with van der Waals surface area (Å²) < 4.78 is 5.22. The van der Waals surface area contributed by atoms with Crippen LogP contribution in [0.3, 0.4) is 0 Å². The van der Waals surface area contributed by atoms with Crippen LogP contribution in [0.4, 0.5) is 5.69 Å². The summed E-state index contributed by atoms with van der Waals surface area (Å²) >= 11 is 0. The molecule has 4 saturated carbocycles. The van der Waals surface area contributed by atoms with E-state index >= 15 is 0 Å². The lowest BCUT2D eigenvalue weighted by Gasteiger charge is -2.56. The van der Waals surface area contributed by atoms with Crippen molar-refractivity contribution in [1.29, 1.82) is 0 Å². The number of benzene rings is 1. The molecule has 4 aliphatic carbocycles.